The van der Waals surface area contributed by atoms with Gasteiger partial charge in [-0.05, 0) is 18.1 Å². The average molecular weight is 326 g/mol. The van der Waals surface area contributed by atoms with Crippen LogP contribution < -0.4 is 10.2 Å². The Kier molecular flexibility index (Phi) is 5.30. The fraction of sp³-hybridized carbons (Fsp3) is 0.500. The maximum absolute atomic E-state index is 13.8. The van der Waals surface area contributed by atoms with Crippen molar-refractivity contribution in [1.82, 2.24) is 5.32 Å². The molecule has 0 aromatic heterocycles. The number of carbonyl (C=O) groups is 2. The van der Waals surface area contributed by atoms with Crippen LogP contribution in [-0.2, 0) is 9.59 Å². The molecule has 0 radical (unpaired) electrons. The summed E-state index contributed by atoms with van der Waals surface area (Å²) in [6.45, 7) is 3.79. The molecule has 126 valence electrons. The smallest absolute Gasteiger partial charge is 0.227 e. The molecule has 2 atom stereocenters. The predicted molar refractivity (Wildman–Crippen MR) is 80.7 cm³/mol. The number of carbonyl (C=O) groups excluding carboxylic acids is 2. The first-order valence-electron chi connectivity index (χ1n) is 7.50. The number of hydrogen-bond acceptors (Lipinski definition) is 3. The van der Waals surface area contributed by atoms with Crippen LogP contribution in [0.3, 0.4) is 0 Å². The molecule has 2 rings (SSSR count). The largest absolute Gasteiger partial charge is 0.391 e. The Balaban J connectivity index is 2.00. The lowest BCUT2D eigenvalue weighted by Crippen LogP contribution is -2.39. The summed E-state index contributed by atoms with van der Waals surface area (Å²) in [6.07, 6.45) is -0.706. The molecule has 0 saturated carbocycles. The van der Waals surface area contributed by atoms with Crippen molar-refractivity contribution in [2.45, 2.75) is 26.4 Å². The minimum absolute atomic E-state index is 0.00493. The number of rotatable bonds is 5. The molecule has 2 unspecified atom stereocenters. The molecule has 1 aliphatic rings. The van der Waals surface area contributed by atoms with Crippen molar-refractivity contribution in [1.29, 1.82) is 0 Å². The lowest BCUT2D eigenvalue weighted by Gasteiger charge is -2.18. The van der Waals surface area contributed by atoms with Gasteiger partial charge in [-0.15, -0.1) is 0 Å². The van der Waals surface area contributed by atoms with E-state index in [1.807, 2.05) is 13.8 Å². The number of aliphatic hydroxyl groups excluding tert-OH is 1. The van der Waals surface area contributed by atoms with E-state index >= 15 is 0 Å². The molecule has 1 aromatic carbocycles. The number of nitrogens with zero attached hydrogens (tertiary/aromatic N) is 1. The molecule has 7 heteroatoms. The van der Waals surface area contributed by atoms with Gasteiger partial charge in [-0.2, -0.15) is 0 Å². The number of aliphatic hydroxyl groups is 1. The topological polar surface area (TPSA) is 69.6 Å². The number of nitrogens with one attached hydrogen (secondary N) is 1. The summed E-state index contributed by atoms with van der Waals surface area (Å²) in [6, 6.07) is 2.96. The first-order valence-corrected chi connectivity index (χ1v) is 7.50. The first-order chi connectivity index (χ1) is 10.8. The number of anilines is 1. The van der Waals surface area contributed by atoms with E-state index in [1.54, 1.807) is 0 Å². The molecule has 0 spiro atoms. The van der Waals surface area contributed by atoms with Gasteiger partial charge in [0.05, 0.1) is 17.7 Å². The quantitative estimate of drug-likeness (QED) is 0.860. The Morgan fingerprint density at radius 3 is 2.74 bits per heavy atom. The molecule has 1 aliphatic heterocycles. The molecule has 1 saturated heterocycles. The molecule has 1 aromatic rings. The van der Waals surface area contributed by atoms with Crippen LogP contribution in [0, 0.1) is 23.5 Å². The Labute approximate surface area is 133 Å². The van der Waals surface area contributed by atoms with Crippen LogP contribution in [0.25, 0.3) is 0 Å². The second-order valence-corrected chi connectivity index (χ2v) is 6.06. The van der Waals surface area contributed by atoms with E-state index in [-0.39, 0.29) is 42.9 Å². The Morgan fingerprint density at radius 2 is 2.13 bits per heavy atom. The lowest BCUT2D eigenvalue weighted by molar-refractivity contribution is -0.126. The minimum Gasteiger partial charge on any atom is -0.391 e. The standard InChI is InChI=1S/C16H20F2N2O3/c1-9(2)14(21)7-19-16(23)10-5-15(22)20(8-10)13-4-3-11(17)6-12(13)18/h3-4,6,9-10,14,21H,5,7-8H2,1-2H3,(H,19,23). The van der Waals surface area contributed by atoms with Crippen LogP contribution in [0.1, 0.15) is 20.3 Å². The molecule has 1 heterocycles. The van der Waals surface area contributed by atoms with Crippen LogP contribution in [0.5, 0.6) is 0 Å². The maximum atomic E-state index is 13.8. The molecular weight excluding hydrogens is 306 g/mol. The molecule has 0 bridgehead atoms. The summed E-state index contributed by atoms with van der Waals surface area (Å²) in [5.74, 6) is -2.93. The Bertz CT molecular complexity index is 607. The molecule has 0 aliphatic carbocycles. The van der Waals surface area contributed by atoms with Gasteiger partial charge in [0, 0.05) is 25.6 Å². The number of halogens is 2. The normalized spacial score (nSPS) is 19.3. The van der Waals surface area contributed by atoms with E-state index in [0.717, 1.165) is 11.0 Å². The summed E-state index contributed by atoms with van der Waals surface area (Å²) in [7, 11) is 0. The molecule has 2 amide bonds. The van der Waals surface area contributed by atoms with Gasteiger partial charge in [0.25, 0.3) is 0 Å². The van der Waals surface area contributed by atoms with Gasteiger partial charge in [-0.3, -0.25) is 9.59 Å². The summed E-state index contributed by atoms with van der Waals surface area (Å²) < 4.78 is 26.7. The van der Waals surface area contributed by atoms with E-state index in [4.69, 9.17) is 0 Å². The van der Waals surface area contributed by atoms with Crippen LogP contribution in [0.15, 0.2) is 18.2 Å². The highest BCUT2D eigenvalue weighted by Gasteiger charge is 2.36. The van der Waals surface area contributed by atoms with Crippen LogP contribution >= 0.6 is 0 Å². The maximum Gasteiger partial charge on any atom is 0.227 e. The average Bonchev–Trinajstić information content (AvgIpc) is 2.86. The van der Waals surface area contributed by atoms with Crippen molar-refractivity contribution in [2.75, 3.05) is 18.0 Å². The second-order valence-electron chi connectivity index (χ2n) is 6.06. The summed E-state index contributed by atoms with van der Waals surface area (Å²) in [4.78, 5) is 25.2. The number of hydrogen-bond donors (Lipinski definition) is 2. The third-order valence-corrected chi connectivity index (χ3v) is 3.95. The Morgan fingerprint density at radius 1 is 1.43 bits per heavy atom. The second kappa shape index (κ2) is 7.04. The van der Waals surface area contributed by atoms with E-state index in [2.05, 4.69) is 5.32 Å². The van der Waals surface area contributed by atoms with Gasteiger partial charge in [0.1, 0.15) is 11.6 Å². The molecule has 2 N–H and O–H groups in total. The van der Waals surface area contributed by atoms with Crippen molar-refractivity contribution in [3.05, 3.63) is 29.8 Å². The zero-order valence-electron chi connectivity index (χ0n) is 13.1. The van der Waals surface area contributed by atoms with Gasteiger partial charge in [0.15, 0.2) is 0 Å². The van der Waals surface area contributed by atoms with E-state index in [9.17, 15) is 23.5 Å². The highest BCUT2D eigenvalue weighted by molar-refractivity contribution is 6.00. The van der Waals surface area contributed by atoms with Crippen molar-refractivity contribution in [2.24, 2.45) is 11.8 Å². The summed E-state index contributed by atoms with van der Waals surface area (Å²) in [5.41, 5.74) is -0.0334. The molecule has 1 fully saturated rings. The zero-order valence-corrected chi connectivity index (χ0v) is 13.1. The van der Waals surface area contributed by atoms with Crippen LogP contribution in [0.2, 0.25) is 0 Å². The summed E-state index contributed by atoms with van der Waals surface area (Å²) >= 11 is 0. The molecular formula is C16H20F2N2O3. The van der Waals surface area contributed by atoms with Gasteiger partial charge in [-0.1, -0.05) is 13.8 Å². The highest BCUT2D eigenvalue weighted by atomic mass is 19.1. The van der Waals surface area contributed by atoms with Gasteiger partial charge >= 0.3 is 0 Å². The minimum atomic E-state index is -0.838. The van der Waals surface area contributed by atoms with Crippen molar-refractivity contribution in [3.63, 3.8) is 0 Å². The fourth-order valence-electron chi connectivity index (χ4n) is 2.40. The monoisotopic (exact) mass is 326 g/mol. The Hall–Kier alpha value is -2.02. The van der Waals surface area contributed by atoms with Gasteiger partial charge in [0.2, 0.25) is 11.8 Å². The van der Waals surface area contributed by atoms with E-state index in [1.165, 1.54) is 6.07 Å². The van der Waals surface area contributed by atoms with E-state index in [0.29, 0.717) is 6.07 Å². The van der Waals surface area contributed by atoms with Crippen LogP contribution in [0.4, 0.5) is 14.5 Å². The predicted octanol–water partition coefficient (Wildman–Crippen LogP) is 1.45. The number of benzene rings is 1. The van der Waals surface area contributed by atoms with Gasteiger partial charge in [-0.25, -0.2) is 8.78 Å². The summed E-state index contributed by atoms with van der Waals surface area (Å²) in [5, 5.41) is 12.3. The zero-order chi connectivity index (χ0) is 17.1. The van der Waals surface area contributed by atoms with E-state index < -0.39 is 23.7 Å². The van der Waals surface area contributed by atoms with Gasteiger partial charge < -0.3 is 15.3 Å². The SMILES string of the molecule is CC(C)C(O)CNC(=O)C1CC(=O)N(c2ccc(F)cc2F)C1. The molecule has 5 nitrogen and oxygen atoms in total. The van der Waals surface area contributed by atoms with Crippen molar-refractivity contribution >= 4 is 17.5 Å². The molecule has 23 heavy (non-hydrogen) atoms. The number of amides is 2. The first kappa shape index (κ1) is 17.3. The van der Waals surface area contributed by atoms with Crippen molar-refractivity contribution < 1.29 is 23.5 Å². The lowest BCUT2D eigenvalue weighted by atomic mass is 10.1. The third kappa shape index (κ3) is 4.04. The third-order valence-electron chi connectivity index (χ3n) is 3.95. The van der Waals surface area contributed by atoms with Crippen LogP contribution in [-0.4, -0.2) is 36.1 Å². The van der Waals surface area contributed by atoms with Crippen molar-refractivity contribution in [3.8, 4) is 0 Å². The fourth-order valence-corrected chi connectivity index (χ4v) is 2.40. The highest BCUT2D eigenvalue weighted by Crippen LogP contribution is 2.28.